The SMILES string of the molecule is O=C(/C(=C\c1ccc(Br)cc1)C1(CI)OCCO1)c1ccccc1. The molecule has 0 aromatic heterocycles. The maximum atomic E-state index is 13.1. The van der Waals surface area contributed by atoms with Gasteiger partial charge in [-0.15, -0.1) is 0 Å². The van der Waals surface area contributed by atoms with Crippen molar-refractivity contribution >= 4 is 50.4 Å². The third-order valence-corrected chi connectivity index (χ3v) is 5.33. The van der Waals surface area contributed by atoms with E-state index in [2.05, 4.69) is 38.5 Å². The minimum Gasteiger partial charge on any atom is -0.343 e. The summed E-state index contributed by atoms with van der Waals surface area (Å²) in [6.07, 6.45) is 1.87. The third-order valence-electron chi connectivity index (χ3n) is 3.80. The van der Waals surface area contributed by atoms with Crippen LogP contribution in [-0.2, 0) is 9.47 Å². The van der Waals surface area contributed by atoms with E-state index in [1.54, 1.807) is 0 Å². The summed E-state index contributed by atoms with van der Waals surface area (Å²) < 4.78 is 13.3. The van der Waals surface area contributed by atoms with Crippen LogP contribution in [0.1, 0.15) is 15.9 Å². The number of ketones is 1. The Kier molecular flexibility index (Phi) is 5.86. The molecule has 0 bridgehead atoms. The van der Waals surface area contributed by atoms with E-state index in [-0.39, 0.29) is 5.78 Å². The molecule has 0 N–H and O–H groups in total. The van der Waals surface area contributed by atoms with Crippen LogP contribution in [0.25, 0.3) is 6.08 Å². The molecule has 0 amide bonds. The van der Waals surface area contributed by atoms with Gasteiger partial charge in [0.1, 0.15) is 0 Å². The van der Waals surface area contributed by atoms with Gasteiger partial charge in [0.05, 0.1) is 23.2 Å². The Hall–Kier alpha value is -1.02. The first-order chi connectivity index (χ1) is 11.6. The van der Waals surface area contributed by atoms with Gasteiger partial charge in [-0.2, -0.15) is 0 Å². The molecule has 0 unspecified atom stereocenters. The van der Waals surface area contributed by atoms with E-state index < -0.39 is 5.79 Å². The first-order valence-corrected chi connectivity index (χ1v) is 9.88. The highest BCUT2D eigenvalue weighted by atomic mass is 127. The van der Waals surface area contributed by atoms with Gasteiger partial charge in [-0.3, -0.25) is 4.79 Å². The van der Waals surface area contributed by atoms with E-state index in [1.807, 2.05) is 60.7 Å². The lowest BCUT2D eigenvalue weighted by Crippen LogP contribution is -2.38. The quantitative estimate of drug-likeness (QED) is 0.255. The second kappa shape index (κ2) is 7.91. The molecule has 0 atom stereocenters. The Morgan fingerprint density at radius 3 is 2.29 bits per heavy atom. The molecule has 1 heterocycles. The molecule has 1 aliphatic rings. The molecule has 1 fully saturated rings. The number of ether oxygens (including phenoxy) is 2. The van der Waals surface area contributed by atoms with Crippen molar-refractivity contribution in [2.45, 2.75) is 5.79 Å². The average Bonchev–Trinajstić information content (AvgIpc) is 3.11. The van der Waals surface area contributed by atoms with E-state index in [9.17, 15) is 4.79 Å². The standard InChI is InChI=1S/C19H16BrIO3/c20-16-8-6-14(7-9-16)12-17(19(13-21)23-10-11-24-19)18(22)15-4-2-1-3-5-15/h1-9,12H,10-11,13H2/b17-12+. The number of hydrogen-bond donors (Lipinski definition) is 0. The number of alkyl halides is 1. The summed E-state index contributed by atoms with van der Waals surface area (Å²) in [6, 6.07) is 17.0. The van der Waals surface area contributed by atoms with Crippen LogP contribution in [0, 0.1) is 0 Å². The summed E-state index contributed by atoms with van der Waals surface area (Å²) >= 11 is 5.64. The fourth-order valence-corrected chi connectivity index (χ4v) is 3.69. The summed E-state index contributed by atoms with van der Waals surface area (Å²) in [6.45, 7) is 0.978. The Bertz CT molecular complexity index is 735. The van der Waals surface area contributed by atoms with Crippen LogP contribution in [0.5, 0.6) is 0 Å². The molecule has 24 heavy (non-hydrogen) atoms. The fraction of sp³-hybridized carbons (Fsp3) is 0.211. The molecule has 124 valence electrons. The highest BCUT2D eigenvalue weighted by Crippen LogP contribution is 2.34. The molecule has 0 aliphatic carbocycles. The monoisotopic (exact) mass is 498 g/mol. The lowest BCUT2D eigenvalue weighted by Gasteiger charge is -2.27. The summed E-state index contributed by atoms with van der Waals surface area (Å²) in [5.74, 6) is -1.06. The third kappa shape index (κ3) is 3.79. The number of rotatable bonds is 5. The molecule has 2 aromatic rings. The van der Waals surface area contributed by atoms with Crippen molar-refractivity contribution in [1.82, 2.24) is 0 Å². The normalized spacial score (nSPS) is 17.0. The molecule has 2 aromatic carbocycles. The zero-order valence-electron chi connectivity index (χ0n) is 12.9. The van der Waals surface area contributed by atoms with E-state index in [0.717, 1.165) is 10.0 Å². The summed E-state index contributed by atoms with van der Waals surface area (Å²) in [4.78, 5) is 13.1. The summed E-state index contributed by atoms with van der Waals surface area (Å²) in [7, 11) is 0. The second-order valence-electron chi connectivity index (χ2n) is 5.39. The van der Waals surface area contributed by atoms with Gasteiger partial charge in [0.25, 0.3) is 0 Å². The van der Waals surface area contributed by atoms with Crippen molar-refractivity contribution in [3.05, 3.63) is 75.8 Å². The maximum Gasteiger partial charge on any atom is 0.208 e. The van der Waals surface area contributed by atoms with Crippen LogP contribution in [0.15, 0.2) is 64.6 Å². The number of halogens is 2. The molecule has 1 aliphatic heterocycles. The van der Waals surface area contributed by atoms with E-state index >= 15 is 0 Å². The maximum absolute atomic E-state index is 13.1. The topological polar surface area (TPSA) is 35.5 Å². The van der Waals surface area contributed by atoms with Gasteiger partial charge in [0, 0.05) is 10.0 Å². The van der Waals surface area contributed by atoms with Crippen molar-refractivity contribution in [2.24, 2.45) is 0 Å². The number of benzene rings is 2. The van der Waals surface area contributed by atoms with Crippen LogP contribution in [0.2, 0.25) is 0 Å². The van der Waals surface area contributed by atoms with Gasteiger partial charge in [0.2, 0.25) is 5.79 Å². The summed E-state index contributed by atoms with van der Waals surface area (Å²) in [5.41, 5.74) is 2.09. The molecule has 0 radical (unpaired) electrons. The number of Topliss-reactive ketones (excluding diaryl/α,β-unsaturated/α-hetero) is 1. The minimum atomic E-state index is -0.986. The number of carbonyl (C=O) groups excluding carboxylic acids is 1. The largest absolute Gasteiger partial charge is 0.343 e. The van der Waals surface area contributed by atoms with Gasteiger partial charge in [-0.25, -0.2) is 0 Å². The highest BCUT2D eigenvalue weighted by Gasteiger charge is 2.43. The molecule has 3 rings (SSSR count). The Morgan fingerprint density at radius 1 is 1.08 bits per heavy atom. The smallest absolute Gasteiger partial charge is 0.208 e. The van der Waals surface area contributed by atoms with Crippen molar-refractivity contribution in [3.8, 4) is 0 Å². The molecule has 1 saturated heterocycles. The molecular formula is C19H16BrIO3. The predicted octanol–water partition coefficient (Wildman–Crippen LogP) is 4.89. The van der Waals surface area contributed by atoms with E-state index in [4.69, 9.17) is 9.47 Å². The van der Waals surface area contributed by atoms with Crippen LogP contribution in [-0.4, -0.2) is 29.2 Å². The highest BCUT2D eigenvalue weighted by molar-refractivity contribution is 14.1. The Balaban J connectivity index is 2.07. The van der Waals surface area contributed by atoms with Gasteiger partial charge in [-0.05, 0) is 23.8 Å². The van der Waals surface area contributed by atoms with Crippen molar-refractivity contribution in [3.63, 3.8) is 0 Å². The first-order valence-electron chi connectivity index (χ1n) is 7.56. The lowest BCUT2D eigenvalue weighted by atomic mass is 9.95. The number of carbonyl (C=O) groups is 1. The van der Waals surface area contributed by atoms with Crippen LogP contribution >= 0.6 is 38.5 Å². The van der Waals surface area contributed by atoms with Crippen LogP contribution < -0.4 is 0 Å². The second-order valence-corrected chi connectivity index (χ2v) is 7.07. The molecule has 0 saturated carbocycles. The molecule has 5 heteroatoms. The molecule has 3 nitrogen and oxygen atoms in total. The van der Waals surface area contributed by atoms with Crippen molar-refractivity contribution in [2.75, 3.05) is 17.6 Å². The van der Waals surface area contributed by atoms with Gasteiger partial charge < -0.3 is 9.47 Å². The molecular weight excluding hydrogens is 483 g/mol. The Morgan fingerprint density at radius 2 is 1.71 bits per heavy atom. The predicted molar refractivity (Wildman–Crippen MR) is 106 cm³/mol. The molecule has 0 spiro atoms. The van der Waals surface area contributed by atoms with Crippen molar-refractivity contribution < 1.29 is 14.3 Å². The zero-order valence-corrected chi connectivity index (χ0v) is 16.6. The minimum absolute atomic E-state index is 0.0721. The van der Waals surface area contributed by atoms with Crippen LogP contribution in [0.3, 0.4) is 0 Å². The van der Waals surface area contributed by atoms with Crippen molar-refractivity contribution in [1.29, 1.82) is 0 Å². The van der Waals surface area contributed by atoms with Gasteiger partial charge >= 0.3 is 0 Å². The van der Waals surface area contributed by atoms with Gasteiger partial charge in [-0.1, -0.05) is 81.0 Å². The van der Waals surface area contributed by atoms with Crippen LogP contribution in [0.4, 0.5) is 0 Å². The first kappa shape index (κ1) is 17.8. The number of hydrogen-bond acceptors (Lipinski definition) is 3. The Labute approximate surface area is 163 Å². The lowest BCUT2D eigenvalue weighted by molar-refractivity contribution is -0.0997. The fourth-order valence-electron chi connectivity index (χ4n) is 2.58. The van der Waals surface area contributed by atoms with E-state index in [0.29, 0.717) is 28.8 Å². The summed E-state index contributed by atoms with van der Waals surface area (Å²) in [5, 5.41) is 0. The van der Waals surface area contributed by atoms with E-state index in [1.165, 1.54) is 0 Å². The zero-order chi connectivity index (χ0) is 17.0. The van der Waals surface area contributed by atoms with Gasteiger partial charge in [0.15, 0.2) is 5.78 Å². The average molecular weight is 499 g/mol.